The summed E-state index contributed by atoms with van der Waals surface area (Å²) in [6.45, 7) is 6.48. The standard InChI is InChI=1S/C19H30N2O3/c1-14(2)18(13-24-3)20-17-8-4-7-16(10-17)19(23)21-9-5-6-15(11-21)12-22/h4,7-8,10,14-15,18,20,22H,5-6,9,11-13H2,1-3H3. The zero-order chi connectivity index (χ0) is 17.5. The van der Waals surface area contributed by atoms with Crippen molar-refractivity contribution in [2.45, 2.75) is 32.7 Å². The smallest absolute Gasteiger partial charge is 0.253 e. The summed E-state index contributed by atoms with van der Waals surface area (Å²) in [7, 11) is 1.70. The molecule has 1 heterocycles. The number of carbonyl (C=O) groups is 1. The van der Waals surface area contributed by atoms with Gasteiger partial charge in [-0.2, -0.15) is 0 Å². The van der Waals surface area contributed by atoms with E-state index in [2.05, 4.69) is 19.2 Å². The highest BCUT2D eigenvalue weighted by atomic mass is 16.5. The molecular weight excluding hydrogens is 304 g/mol. The molecular formula is C19H30N2O3. The number of methoxy groups -OCH3 is 1. The fraction of sp³-hybridized carbons (Fsp3) is 0.632. The minimum absolute atomic E-state index is 0.0460. The van der Waals surface area contributed by atoms with Gasteiger partial charge in [0.05, 0.1) is 12.6 Å². The van der Waals surface area contributed by atoms with Gasteiger partial charge >= 0.3 is 0 Å². The van der Waals surface area contributed by atoms with Crippen LogP contribution in [0.2, 0.25) is 0 Å². The number of benzene rings is 1. The lowest BCUT2D eigenvalue weighted by atomic mass is 9.98. The van der Waals surface area contributed by atoms with Crippen LogP contribution in [-0.4, -0.2) is 55.4 Å². The first-order valence-corrected chi connectivity index (χ1v) is 8.80. The Balaban J connectivity index is 2.07. The molecule has 0 radical (unpaired) electrons. The molecule has 0 saturated carbocycles. The third kappa shape index (κ3) is 4.95. The monoisotopic (exact) mass is 334 g/mol. The maximum atomic E-state index is 12.8. The van der Waals surface area contributed by atoms with Gasteiger partial charge in [-0.1, -0.05) is 19.9 Å². The first-order chi connectivity index (χ1) is 11.5. The number of hydrogen-bond donors (Lipinski definition) is 2. The summed E-state index contributed by atoms with van der Waals surface area (Å²) in [4.78, 5) is 14.6. The van der Waals surface area contributed by atoms with Crippen LogP contribution in [0, 0.1) is 11.8 Å². The lowest BCUT2D eigenvalue weighted by Gasteiger charge is -2.32. The number of piperidine rings is 1. The van der Waals surface area contributed by atoms with E-state index in [1.54, 1.807) is 7.11 Å². The highest BCUT2D eigenvalue weighted by molar-refractivity contribution is 5.95. The number of amides is 1. The van der Waals surface area contributed by atoms with Crippen molar-refractivity contribution in [3.8, 4) is 0 Å². The van der Waals surface area contributed by atoms with E-state index in [0.29, 0.717) is 24.6 Å². The van der Waals surface area contributed by atoms with Gasteiger partial charge in [0.15, 0.2) is 0 Å². The van der Waals surface area contributed by atoms with Crippen LogP contribution < -0.4 is 5.32 Å². The van der Waals surface area contributed by atoms with Gasteiger partial charge in [0.2, 0.25) is 0 Å². The maximum Gasteiger partial charge on any atom is 0.253 e. The molecule has 5 heteroatoms. The Hall–Kier alpha value is -1.59. The van der Waals surface area contributed by atoms with Crippen LogP contribution in [0.15, 0.2) is 24.3 Å². The van der Waals surface area contributed by atoms with Gasteiger partial charge < -0.3 is 20.1 Å². The van der Waals surface area contributed by atoms with Gasteiger partial charge in [0.25, 0.3) is 5.91 Å². The molecule has 0 aliphatic carbocycles. The van der Waals surface area contributed by atoms with E-state index >= 15 is 0 Å². The number of nitrogens with zero attached hydrogens (tertiary/aromatic N) is 1. The topological polar surface area (TPSA) is 61.8 Å². The lowest BCUT2D eigenvalue weighted by molar-refractivity contribution is 0.0621. The number of ether oxygens (including phenoxy) is 1. The van der Waals surface area contributed by atoms with E-state index in [-0.39, 0.29) is 24.5 Å². The summed E-state index contributed by atoms with van der Waals surface area (Å²) in [5, 5.41) is 12.8. The predicted octanol–water partition coefficient (Wildman–Crippen LogP) is 2.61. The van der Waals surface area contributed by atoms with Crippen molar-refractivity contribution in [2.75, 3.05) is 38.7 Å². The number of carbonyl (C=O) groups excluding carboxylic acids is 1. The van der Waals surface area contributed by atoms with Gasteiger partial charge in [0, 0.05) is 38.1 Å². The number of aliphatic hydroxyl groups excluding tert-OH is 1. The lowest BCUT2D eigenvalue weighted by Crippen LogP contribution is -2.41. The molecule has 1 saturated heterocycles. The summed E-state index contributed by atoms with van der Waals surface area (Å²) in [5.74, 6) is 0.678. The highest BCUT2D eigenvalue weighted by Gasteiger charge is 2.24. The van der Waals surface area contributed by atoms with E-state index < -0.39 is 0 Å². The van der Waals surface area contributed by atoms with E-state index in [1.165, 1.54) is 0 Å². The van der Waals surface area contributed by atoms with Crippen LogP contribution in [0.1, 0.15) is 37.0 Å². The molecule has 1 fully saturated rings. The fourth-order valence-corrected chi connectivity index (χ4v) is 3.12. The SMILES string of the molecule is COCC(Nc1cccc(C(=O)N2CCCC(CO)C2)c1)C(C)C. The Kier molecular flexibility index (Phi) is 7.06. The van der Waals surface area contributed by atoms with Gasteiger partial charge in [-0.25, -0.2) is 0 Å². The van der Waals surface area contributed by atoms with E-state index in [4.69, 9.17) is 4.74 Å². The molecule has 1 aromatic rings. The average Bonchev–Trinajstić information content (AvgIpc) is 2.61. The molecule has 1 aliphatic heterocycles. The summed E-state index contributed by atoms with van der Waals surface area (Å²) >= 11 is 0. The Morgan fingerprint density at radius 3 is 2.92 bits per heavy atom. The van der Waals surface area contributed by atoms with Crippen molar-refractivity contribution < 1.29 is 14.6 Å². The van der Waals surface area contributed by atoms with Gasteiger partial charge in [-0.15, -0.1) is 0 Å². The van der Waals surface area contributed by atoms with Crippen LogP contribution in [0.4, 0.5) is 5.69 Å². The van der Waals surface area contributed by atoms with Crippen molar-refractivity contribution in [1.29, 1.82) is 0 Å². The van der Waals surface area contributed by atoms with E-state index in [0.717, 1.165) is 25.1 Å². The van der Waals surface area contributed by atoms with Crippen LogP contribution in [0.25, 0.3) is 0 Å². The molecule has 2 rings (SSSR count). The molecule has 1 aromatic carbocycles. The molecule has 0 spiro atoms. The Morgan fingerprint density at radius 2 is 2.25 bits per heavy atom. The third-order valence-electron chi connectivity index (χ3n) is 4.68. The van der Waals surface area contributed by atoms with Crippen molar-refractivity contribution >= 4 is 11.6 Å². The molecule has 2 unspecified atom stereocenters. The number of nitrogens with one attached hydrogen (secondary N) is 1. The number of aliphatic hydroxyl groups is 1. The van der Waals surface area contributed by atoms with E-state index in [9.17, 15) is 9.90 Å². The molecule has 0 aromatic heterocycles. The third-order valence-corrected chi connectivity index (χ3v) is 4.68. The van der Waals surface area contributed by atoms with Crippen molar-refractivity contribution in [3.05, 3.63) is 29.8 Å². The predicted molar refractivity (Wildman–Crippen MR) is 96.3 cm³/mol. The highest BCUT2D eigenvalue weighted by Crippen LogP contribution is 2.20. The summed E-state index contributed by atoms with van der Waals surface area (Å²) in [6, 6.07) is 7.86. The largest absolute Gasteiger partial charge is 0.396 e. The first kappa shape index (κ1) is 18.7. The molecule has 2 atom stereocenters. The number of likely N-dealkylation sites (tertiary alicyclic amines) is 1. The molecule has 1 amide bonds. The number of rotatable bonds is 7. The van der Waals surface area contributed by atoms with Crippen molar-refractivity contribution in [1.82, 2.24) is 4.90 Å². The second-order valence-electron chi connectivity index (χ2n) is 6.97. The summed E-state index contributed by atoms with van der Waals surface area (Å²) in [6.07, 6.45) is 1.95. The minimum Gasteiger partial charge on any atom is -0.396 e. The average molecular weight is 334 g/mol. The zero-order valence-corrected chi connectivity index (χ0v) is 15.0. The summed E-state index contributed by atoms with van der Waals surface area (Å²) in [5.41, 5.74) is 1.63. The van der Waals surface area contributed by atoms with Crippen molar-refractivity contribution in [2.24, 2.45) is 11.8 Å². The van der Waals surface area contributed by atoms with Crippen LogP contribution in [0.5, 0.6) is 0 Å². The Bertz CT molecular complexity index is 533. The second-order valence-corrected chi connectivity index (χ2v) is 6.97. The van der Waals surface area contributed by atoms with Gasteiger partial charge in [-0.3, -0.25) is 4.79 Å². The quantitative estimate of drug-likeness (QED) is 0.805. The fourth-order valence-electron chi connectivity index (χ4n) is 3.12. The van der Waals surface area contributed by atoms with Crippen LogP contribution >= 0.6 is 0 Å². The van der Waals surface area contributed by atoms with Crippen molar-refractivity contribution in [3.63, 3.8) is 0 Å². The Labute approximate surface area is 145 Å². The maximum absolute atomic E-state index is 12.8. The first-order valence-electron chi connectivity index (χ1n) is 8.80. The molecule has 5 nitrogen and oxygen atoms in total. The van der Waals surface area contributed by atoms with Crippen LogP contribution in [0.3, 0.4) is 0 Å². The number of anilines is 1. The van der Waals surface area contributed by atoms with Crippen LogP contribution in [-0.2, 0) is 4.74 Å². The van der Waals surface area contributed by atoms with Gasteiger partial charge in [-0.05, 0) is 42.9 Å². The molecule has 24 heavy (non-hydrogen) atoms. The number of hydrogen-bond acceptors (Lipinski definition) is 4. The van der Waals surface area contributed by atoms with Gasteiger partial charge in [0.1, 0.15) is 0 Å². The second kappa shape index (κ2) is 9.04. The summed E-state index contributed by atoms with van der Waals surface area (Å²) < 4.78 is 5.27. The molecule has 2 N–H and O–H groups in total. The van der Waals surface area contributed by atoms with E-state index in [1.807, 2.05) is 29.2 Å². The molecule has 0 bridgehead atoms. The zero-order valence-electron chi connectivity index (χ0n) is 15.0. The normalized spacial score (nSPS) is 19.4. The Morgan fingerprint density at radius 1 is 1.46 bits per heavy atom. The minimum atomic E-state index is 0.0460. The molecule has 1 aliphatic rings. The molecule has 134 valence electrons.